The van der Waals surface area contributed by atoms with Crippen molar-refractivity contribution in [2.24, 2.45) is 0 Å². The summed E-state index contributed by atoms with van der Waals surface area (Å²) in [5.74, 6) is -2.69. The van der Waals surface area contributed by atoms with Gasteiger partial charge >= 0.3 is 18.2 Å². The van der Waals surface area contributed by atoms with E-state index < -0.39 is 12.1 Å². The molecule has 1 unspecified atom stereocenters. The lowest BCUT2D eigenvalue weighted by atomic mass is 9.98. The maximum atomic E-state index is 12.0. The summed E-state index contributed by atoms with van der Waals surface area (Å²) in [6.45, 7) is 3.19. The van der Waals surface area contributed by atoms with Crippen molar-refractivity contribution in [2.45, 2.75) is 44.7 Å². The molecule has 0 heterocycles. The number of carboxylic acid groups (broad SMARTS) is 1. The molecule has 6 nitrogen and oxygen atoms in total. The third-order valence-electron chi connectivity index (χ3n) is 5.00. The lowest BCUT2D eigenvalue weighted by Gasteiger charge is -2.14. The number of hydrogen-bond acceptors (Lipinski definition) is 4. The number of alkyl carbamates (subject to hydrolysis) is 1. The summed E-state index contributed by atoms with van der Waals surface area (Å²) >= 11 is 0. The van der Waals surface area contributed by atoms with Crippen LogP contribution in [0.4, 0.5) is 23.7 Å². The lowest BCUT2D eigenvalue weighted by Crippen LogP contribution is -2.27. The van der Waals surface area contributed by atoms with E-state index in [0.29, 0.717) is 13.2 Å². The Labute approximate surface area is 184 Å². The number of rotatable bonds is 7. The lowest BCUT2D eigenvalue weighted by molar-refractivity contribution is -0.192. The number of alkyl halides is 3. The molecule has 1 aliphatic rings. The van der Waals surface area contributed by atoms with Crippen molar-refractivity contribution >= 4 is 17.7 Å². The molecule has 2 aromatic rings. The Kier molecular flexibility index (Phi) is 8.92. The number of aliphatic carboxylic acids is 1. The Morgan fingerprint density at radius 3 is 2.38 bits per heavy atom. The van der Waals surface area contributed by atoms with E-state index in [1.54, 1.807) is 0 Å². The van der Waals surface area contributed by atoms with Gasteiger partial charge in [0, 0.05) is 18.2 Å². The maximum absolute atomic E-state index is 12.0. The van der Waals surface area contributed by atoms with E-state index in [1.807, 2.05) is 30.3 Å². The van der Waals surface area contributed by atoms with Crippen molar-refractivity contribution in [3.05, 3.63) is 53.6 Å². The number of benzene rings is 2. The topological polar surface area (TPSA) is 102 Å². The number of nitrogens with one attached hydrogen (secondary N) is 1. The van der Waals surface area contributed by atoms with Crippen molar-refractivity contribution in [1.82, 2.24) is 5.32 Å². The Bertz CT molecular complexity index is 932. The normalized spacial score (nSPS) is 13.9. The first kappa shape index (κ1) is 25.0. The van der Waals surface area contributed by atoms with Crippen LogP contribution in [0.15, 0.2) is 42.5 Å². The van der Waals surface area contributed by atoms with Gasteiger partial charge in [-0.15, -0.1) is 0 Å². The van der Waals surface area contributed by atoms with E-state index in [-0.39, 0.29) is 12.0 Å². The molecular formula is C23H27F3N2O4. The highest BCUT2D eigenvalue weighted by molar-refractivity contribution is 5.81. The van der Waals surface area contributed by atoms with Crippen LogP contribution in [-0.4, -0.2) is 36.5 Å². The van der Waals surface area contributed by atoms with Gasteiger partial charge in [-0.3, -0.25) is 0 Å². The van der Waals surface area contributed by atoms with E-state index in [4.69, 9.17) is 20.4 Å². The summed E-state index contributed by atoms with van der Waals surface area (Å²) in [6, 6.07) is 14.2. The number of anilines is 1. The Morgan fingerprint density at radius 1 is 1.06 bits per heavy atom. The highest BCUT2D eigenvalue weighted by Gasteiger charge is 2.38. The largest absolute Gasteiger partial charge is 0.490 e. The second kappa shape index (κ2) is 11.4. The minimum atomic E-state index is -5.08. The molecule has 0 bridgehead atoms. The zero-order chi connectivity index (χ0) is 23.7. The first-order valence-electron chi connectivity index (χ1n) is 10.3. The van der Waals surface area contributed by atoms with E-state index in [9.17, 15) is 18.0 Å². The third kappa shape index (κ3) is 6.90. The van der Waals surface area contributed by atoms with Gasteiger partial charge < -0.3 is 20.9 Å². The maximum Gasteiger partial charge on any atom is 0.490 e. The Hall–Kier alpha value is -3.23. The number of carbonyl (C=O) groups excluding carboxylic acids is 1. The van der Waals surface area contributed by atoms with Crippen LogP contribution in [-0.2, 0) is 9.53 Å². The molecule has 0 aromatic heterocycles. The molecule has 4 N–H and O–H groups in total. The first-order valence-corrected chi connectivity index (χ1v) is 10.3. The van der Waals surface area contributed by atoms with E-state index >= 15 is 0 Å². The van der Waals surface area contributed by atoms with Gasteiger partial charge in [-0.25, -0.2) is 9.59 Å². The number of ether oxygens (including phenoxy) is 1. The molecule has 0 saturated heterocycles. The van der Waals surface area contributed by atoms with Crippen LogP contribution in [0.2, 0.25) is 0 Å². The van der Waals surface area contributed by atoms with Crippen LogP contribution in [0.1, 0.15) is 49.7 Å². The number of carboxylic acids is 1. The summed E-state index contributed by atoms with van der Waals surface area (Å²) in [5.41, 5.74) is 11.4. The van der Waals surface area contributed by atoms with Gasteiger partial charge in [0.15, 0.2) is 0 Å². The van der Waals surface area contributed by atoms with Crippen LogP contribution in [0, 0.1) is 0 Å². The number of halogens is 3. The first-order chi connectivity index (χ1) is 15.1. The number of nitrogen functional groups attached to an aromatic ring is 1. The molecule has 0 spiro atoms. The molecule has 3 rings (SSSR count). The minimum Gasteiger partial charge on any atom is -0.475 e. The van der Waals surface area contributed by atoms with Crippen molar-refractivity contribution in [3.8, 4) is 11.1 Å². The molecule has 1 amide bonds. The second-order valence-corrected chi connectivity index (χ2v) is 7.38. The molecule has 1 atom stereocenters. The van der Waals surface area contributed by atoms with Crippen LogP contribution >= 0.6 is 0 Å². The van der Waals surface area contributed by atoms with Crippen LogP contribution < -0.4 is 11.1 Å². The smallest absolute Gasteiger partial charge is 0.475 e. The summed E-state index contributed by atoms with van der Waals surface area (Å²) < 4.78 is 37.2. The highest BCUT2D eigenvalue weighted by Crippen LogP contribution is 2.45. The predicted octanol–water partition coefficient (Wildman–Crippen LogP) is 5.32. The van der Waals surface area contributed by atoms with Gasteiger partial charge in [-0.2, -0.15) is 13.2 Å². The molecule has 174 valence electrons. The van der Waals surface area contributed by atoms with E-state index in [1.165, 1.54) is 29.5 Å². The summed E-state index contributed by atoms with van der Waals surface area (Å²) in [5, 5.41) is 9.97. The minimum absolute atomic E-state index is 0.0673. The standard InChI is InChI=1S/C21H26N2O2.C2HF3O2/c1-2-3-4-7-12-23-21(24)25-14-20-17-9-6-5-8-16(17)19-13-15(22)10-11-18(19)20;3-2(4,5)1(6)7/h5-6,8-11,13,20H,2-4,7,12,14,22H2,1H3,(H,23,24);(H,6,7). The Morgan fingerprint density at radius 2 is 1.72 bits per heavy atom. The van der Waals surface area contributed by atoms with E-state index in [0.717, 1.165) is 24.1 Å². The summed E-state index contributed by atoms with van der Waals surface area (Å²) in [6.07, 6.45) is -0.887. The fraction of sp³-hybridized carbons (Fsp3) is 0.391. The van der Waals surface area contributed by atoms with Gasteiger partial charge in [0.25, 0.3) is 0 Å². The average Bonchev–Trinajstić information content (AvgIpc) is 3.05. The number of carbonyl (C=O) groups is 2. The van der Waals surface area contributed by atoms with Crippen molar-refractivity contribution < 1.29 is 32.6 Å². The molecule has 0 radical (unpaired) electrons. The molecule has 1 aliphatic carbocycles. The van der Waals surface area contributed by atoms with E-state index in [2.05, 4.69) is 24.4 Å². The highest BCUT2D eigenvalue weighted by atomic mass is 19.4. The zero-order valence-electron chi connectivity index (χ0n) is 17.7. The fourth-order valence-corrected chi connectivity index (χ4v) is 3.46. The number of nitrogens with two attached hydrogens (primary N) is 1. The molecule has 32 heavy (non-hydrogen) atoms. The van der Waals surface area contributed by atoms with Crippen molar-refractivity contribution in [2.75, 3.05) is 18.9 Å². The summed E-state index contributed by atoms with van der Waals surface area (Å²) in [7, 11) is 0. The van der Waals surface area contributed by atoms with Gasteiger partial charge in [-0.05, 0) is 40.8 Å². The van der Waals surface area contributed by atoms with Gasteiger partial charge in [0.2, 0.25) is 0 Å². The zero-order valence-corrected chi connectivity index (χ0v) is 17.7. The molecule has 0 saturated carbocycles. The van der Waals surface area contributed by atoms with Crippen molar-refractivity contribution in [1.29, 1.82) is 0 Å². The number of amides is 1. The average molecular weight is 452 g/mol. The SMILES string of the molecule is CCCCCCNC(=O)OCC1c2ccccc2-c2cc(N)ccc21.O=C(O)C(F)(F)F. The van der Waals surface area contributed by atoms with Crippen LogP contribution in [0.5, 0.6) is 0 Å². The number of hydrogen-bond donors (Lipinski definition) is 3. The quantitative estimate of drug-likeness (QED) is 0.390. The fourth-order valence-electron chi connectivity index (χ4n) is 3.46. The van der Waals surface area contributed by atoms with Gasteiger partial charge in [-0.1, -0.05) is 56.5 Å². The number of unbranched alkanes of at least 4 members (excludes halogenated alkanes) is 3. The molecule has 0 aliphatic heterocycles. The Balaban J connectivity index is 0.000000451. The monoisotopic (exact) mass is 452 g/mol. The molecular weight excluding hydrogens is 425 g/mol. The van der Waals surface area contributed by atoms with Gasteiger partial charge in [0.05, 0.1) is 0 Å². The predicted molar refractivity (Wildman–Crippen MR) is 115 cm³/mol. The molecule has 0 fully saturated rings. The molecule has 9 heteroatoms. The number of fused-ring (bicyclic) bond motifs is 3. The third-order valence-corrected chi connectivity index (χ3v) is 5.00. The summed E-state index contributed by atoms with van der Waals surface area (Å²) in [4.78, 5) is 20.9. The second-order valence-electron chi connectivity index (χ2n) is 7.38. The van der Waals surface area contributed by atoms with Gasteiger partial charge in [0.1, 0.15) is 6.61 Å². The van der Waals surface area contributed by atoms with Crippen LogP contribution in [0.25, 0.3) is 11.1 Å². The van der Waals surface area contributed by atoms with Crippen molar-refractivity contribution in [3.63, 3.8) is 0 Å². The molecule has 2 aromatic carbocycles. The van der Waals surface area contributed by atoms with Crippen LogP contribution in [0.3, 0.4) is 0 Å².